The van der Waals surface area contributed by atoms with Crippen LogP contribution in [0.2, 0.25) is 0 Å². The number of rotatable bonds is 2. The van der Waals surface area contributed by atoms with Crippen LogP contribution in [-0.4, -0.2) is 26.2 Å². The van der Waals surface area contributed by atoms with Gasteiger partial charge in [0, 0.05) is 36.3 Å². The zero-order valence-corrected chi connectivity index (χ0v) is 13.6. The number of piperazine rings is 1. The molecule has 0 aliphatic carbocycles. The topological polar surface area (TPSA) is 30.3 Å². The second-order valence-corrected chi connectivity index (χ2v) is 6.14. The first-order chi connectivity index (χ1) is 10.7. The average molecular weight is 360 g/mol. The van der Waals surface area contributed by atoms with E-state index in [4.69, 9.17) is 5.26 Å². The van der Waals surface area contributed by atoms with E-state index < -0.39 is 0 Å². The predicted octanol–water partition coefficient (Wildman–Crippen LogP) is 3.79. The van der Waals surface area contributed by atoms with Crippen molar-refractivity contribution in [1.82, 2.24) is 0 Å². The number of hydrogen-bond donors (Lipinski definition) is 0. The van der Waals surface area contributed by atoms with Gasteiger partial charge in [-0.25, -0.2) is 4.39 Å². The third-order valence-electron chi connectivity index (χ3n) is 3.89. The molecule has 1 aliphatic rings. The molecule has 0 bridgehead atoms. The van der Waals surface area contributed by atoms with E-state index in [0.717, 1.165) is 30.7 Å². The molecule has 3 rings (SSSR count). The highest BCUT2D eigenvalue weighted by atomic mass is 79.9. The van der Waals surface area contributed by atoms with Crippen LogP contribution in [0.5, 0.6) is 0 Å². The lowest BCUT2D eigenvalue weighted by atomic mass is 10.1. The van der Waals surface area contributed by atoms with Crippen molar-refractivity contribution in [2.24, 2.45) is 0 Å². The zero-order valence-electron chi connectivity index (χ0n) is 12.0. The van der Waals surface area contributed by atoms with Crippen molar-refractivity contribution in [3.8, 4) is 6.07 Å². The first kappa shape index (κ1) is 14.9. The monoisotopic (exact) mass is 359 g/mol. The average Bonchev–Trinajstić information content (AvgIpc) is 2.56. The van der Waals surface area contributed by atoms with Crippen molar-refractivity contribution in [3.05, 3.63) is 58.3 Å². The minimum atomic E-state index is -0.323. The Bertz CT molecular complexity index is 701. The largest absolute Gasteiger partial charge is 0.368 e. The molecule has 3 nitrogen and oxygen atoms in total. The molecule has 5 heteroatoms. The molecular weight excluding hydrogens is 345 g/mol. The van der Waals surface area contributed by atoms with Crippen molar-refractivity contribution in [2.75, 3.05) is 36.0 Å². The van der Waals surface area contributed by atoms with Crippen LogP contribution in [0, 0.1) is 17.1 Å². The molecule has 0 radical (unpaired) electrons. The number of anilines is 2. The normalized spacial score (nSPS) is 14.8. The van der Waals surface area contributed by atoms with Gasteiger partial charge in [0.15, 0.2) is 0 Å². The molecular formula is C17H15BrFN3. The smallest absolute Gasteiger partial charge is 0.147 e. The van der Waals surface area contributed by atoms with Crippen LogP contribution in [0.4, 0.5) is 15.8 Å². The Hall–Kier alpha value is -2.06. The van der Waals surface area contributed by atoms with Crippen LogP contribution in [-0.2, 0) is 0 Å². The molecule has 0 unspecified atom stereocenters. The van der Waals surface area contributed by atoms with Gasteiger partial charge in [-0.15, -0.1) is 0 Å². The first-order valence-electron chi connectivity index (χ1n) is 7.12. The van der Waals surface area contributed by atoms with Gasteiger partial charge >= 0.3 is 0 Å². The molecule has 1 heterocycles. The molecule has 0 atom stereocenters. The van der Waals surface area contributed by atoms with Crippen LogP contribution >= 0.6 is 15.9 Å². The molecule has 1 saturated heterocycles. The minimum absolute atomic E-state index is 0.323. The highest BCUT2D eigenvalue weighted by molar-refractivity contribution is 9.10. The maximum absolute atomic E-state index is 14.1. The van der Waals surface area contributed by atoms with Gasteiger partial charge in [0.1, 0.15) is 5.82 Å². The summed E-state index contributed by atoms with van der Waals surface area (Å²) in [4.78, 5) is 4.33. The highest BCUT2D eigenvalue weighted by Gasteiger charge is 2.19. The van der Waals surface area contributed by atoms with Gasteiger partial charge in [0.2, 0.25) is 0 Å². The summed E-state index contributed by atoms with van der Waals surface area (Å²) in [5.74, 6) is -0.323. The summed E-state index contributed by atoms with van der Waals surface area (Å²) in [6.07, 6.45) is 0. The van der Waals surface area contributed by atoms with E-state index in [9.17, 15) is 4.39 Å². The first-order valence-corrected chi connectivity index (χ1v) is 7.92. The van der Waals surface area contributed by atoms with Gasteiger partial charge in [0.05, 0.1) is 17.3 Å². The third-order valence-corrected chi connectivity index (χ3v) is 4.42. The quantitative estimate of drug-likeness (QED) is 0.817. The zero-order chi connectivity index (χ0) is 15.5. The molecule has 22 heavy (non-hydrogen) atoms. The van der Waals surface area contributed by atoms with Crippen LogP contribution in [0.1, 0.15) is 5.56 Å². The fourth-order valence-corrected chi connectivity index (χ4v) is 2.95. The Labute approximate surface area is 137 Å². The molecule has 0 N–H and O–H groups in total. The van der Waals surface area contributed by atoms with Crippen molar-refractivity contribution in [2.45, 2.75) is 0 Å². The third kappa shape index (κ3) is 3.07. The lowest BCUT2D eigenvalue weighted by molar-refractivity contribution is 0.597. The second-order valence-electron chi connectivity index (χ2n) is 5.23. The lowest BCUT2D eigenvalue weighted by Crippen LogP contribution is -2.46. The molecule has 2 aromatic rings. The number of hydrogen-bond acceptors (Lipinski definition) is 3. The van der Waals surface area contributed by atoms with Crippen molar-refractivity contribution < 1.29 is 4.39 Å². The summed E-state index contributed by atoms with van der Waals surface area (Å²) in [5, 5.41) is 8.80. The van der Waals surface area contributed by atoms with Gasteiger partial charge < -0.3 is 9.80 Å². The van der Waals surface area contributed by atoms with Gasteiger partial charge in [-0.2, -0.15) is 5.26 Å². The van der Waals surface area contributed by atoms with E-state index in [1.165, 1.54) is 11.8 Å². The fourth-order valence-electron chi connectivity index (χ4n) is 2.69. The molecule has 112 valence electrons. The van der Waals surface area contributed by atoms with Crippen molar-refractivity contribution in [3.63, 3.8) is 0 Å². The van der Waals surface area contributed by atoms with Crippen molar-refractivity contribution in [1.29, 1.82) is 5.26 Å². The van der Waals surface area contributed by atoms with Gasteiger partial charge in [0.25, 0.3) is 0 Å². The number of nitrogens with zero attached hydrogens (tertiary/aromatic N) is 3. The molecule has 0 amide bonds. The van der Waals surface area contributed by atoms with E-state index >= 15 is 0 Å². The van der Waals surface area contributed by atoms with Crippen LogP contribution in [0.25, 0.3) is 0 Å². The van der Waals surface area contributed by atoms with E-state index in [0.29, 0.717) is 11.3 Å². The maximum Gasteiger partial charge on any atom is 0.147 e. The summed E-state index contributed by atoms with van der Waals surface area (Å²) in [6.45, 7) is 3.22. The predicted molar refractivity (Wildman–Crippen MR) is 89.7 cm³/mol. The number of halogens is 2. The van der Waals surface area contributed by atoms with E-state index in [1.807, 2.05) is 23.1 Å². The Kier molecular flexibility index (Phi) is 4.30. The summed E-state index contributed by atoms with van der Waals surface area (Å²) in [7, 11) is 0. The van der Waals surface area contributed by atoms with E-state index in [1.54, 1.807) is 12.1 Å². The molecule has 0 spiro atoms. The Morgan fingerprint density at radius 2 is 1.59 bits per heavy atom. The SMILES string of the molecule is N#Cc1ccc(N2CCN(c3ccc(Br)cc3)CC2)c(F)c1. The fraction of sp³-hybridized carbons (Fsp3) is 0.235. The maximum atomic E-state index is 14.1. The van der Waals surface area contributed by atoms with Crippen LogP contribution in [0.3, 0.4) is 0 Å². The molecule has 0 saturated carbocycles. The molecule has 2 aromatic carbocycles. The Balaban J connectivity index is 1.69. The lowest BCUT2D eigenvalue weighted by Gasteiger charge is -2.37. The standard InChI is InChI=1S/C17H15BrFN3/c18-14-2-4-15(5-3-14)21-7-9-22(10-8-21)17-6-1-13(12-20)11-16(17)19/h1-6,11H,7-10H2. The van der Waals surface area contributed by atoms with Gasteiger partial charge in [-0.1, -0.05) is 15.9 Å². The number of benzene rings is 2. The second kappa shape index (κ2) is 6.37. The highest BCUT2D eigenvalue weighted by Crippen LogP contribution is 2.24. The van der Waals surface area contributed by atoms with Gasteiger partial charge in [-0.05, 0) is 42.5 Å². The number of nitriles is 1. The summed E-state index contributed by atoms with van der Waals surface area (Å²) >= 11 is 3.44. The Morgan fingerprint density at radius 1 is 0.955 bits per heavy atom. The summed E-state index contributed by atoms with van der Waals surface area (Å²) in [5.41, 5.74) is 2.12. The molecule has 1 aliphatic heterocycles. The van der Waals surface area contributed by atoms with Crippen LogP contribution < -0.4 is 9.80 Å². The molecule has 1 fully saturated rings. The van der Waals surface area contributed by atoms with E-state index in [2.05, 4.69) is 33.0 Å². The molecule has 0 aromatic heterocycles. The van der Waals surface area contributed by atoms with Gasteiger partial charge in [-0.3, -0.25) is 0 Å². The van der Waals surface area contributed by atoms with Crippen molar-refractivity contribution >= 4 is 27.3 Å². The van der Waals surface area contributed by atoms with E-state index in [-0.39, 0.29) is 5.82 Å². The Morgan fingerprint density at radius 3 is 2.18 bits per heavy atom. The minimum Gasteiger partial charge on any atom is -0.368 e. The summed E-state index contributed by atoms with van der Waals surface area (Å²) < 4.78 is 15.1. The van der Waals surface area contributed by atoms with Crippen LogP contribution in [0.15, 0.2) is 46.9 Å². The summed E-state index contributed by atoms with van der Waals surface area (Å²) in [6, 6.07) is 14.9.